The summed E-state index contributed by atoms with van der Waals surface area (Å²) in [6.45, 7) is 7.20. The number of fused-ring (bicyclic) bond motifs is 3. The number of nitriles is 1. The van der Waals surface area contributed by atoms with Crippen molar-refractivity contribution >= 4 is 5.71 Å². The summed E-state index contributed by atoms with van der Waals surface area (Å²) in [6, 6.07) is 14.4. The third-order valence-corrected chi connectivity index (χ3v) is 5.73. The molecule has 2 aliphatic rings. The first-order valence-corrected chi connectivity index (χ1v) is 10.3. The van der Waals surface area contributed by atoms with Crippen LogP contribution in [0.1, 0.15) is 48.4 Å². The van der Waals surface area contributed by atoms with E-state index in [1.165, 1.54) is 5.56 Å². The average molecular weight is 389 g/mol. The second kappa shape index (κ2) is 8.26. The number of likely N-dealkylation sites (N-methyl/N-ethyl adjacent to an activating group) is 1. The van der Waals surface area contributed by atoms with Gasteiger partial charge in [-0.2, -0.15) is 5.26 Å². The van der Waals surface area contributed by atoms with Crippen molar-refractivity contribution in [2.24, 2.45) is 4.99 Å². The van der Waals surface area contributed by atoms with Crippen LogP contribution in [0.5, 0.6) is 11.5 Å². The second-order valence-corrected chi connectivity index (χ2v) is 7.64. The van der Waals surface area contributed by atoms with Crippen molar-refractivity contribution in [3.05, 3.63) is 58.7 Å². The Morgan fingerprint density at radius 3 is 2.45 bits per heavy atom. The third kappa shape index (κ3) is 3.73. The number of hydrogen-bond donors (Lipinski definition) is 0. The molecular formula is C24H27N3O2. The van der Waals surface area contributed by atoms with Gasteiger partial charge in [0.2, 0.25) is 0 Å². The van der Waals surface area contributed by atoms with Gasteiger partial charge in [0.25, 0.3) is 0 Å². The van der Waals surface area contributed by atoms with E-state index in [9.17, 15) is 0 Å². The second-order valence-electron chi connectivity index (χ2n) is 7.64. The molecule has 0 amide bonds. The summed E-state index contributed by atoms with van der Waals surface area (Å²) in [5.41, 5.74) is 5.07. The highest BCUT2D eigenvalue weighted by atomic mass is 16.5. The molecule has 1 saturated heterocycles. The van der Waals surface area contributed by atoms with Gasteiger partial charge >= 0.3 is 0 Å². The summed E-state index contributed by atoms with van der Waals surface area (Å²) in [5.74, 6) is 1.92. The molecular weight excluding hydrogens is 362 g/mol. The van der Waals surface area contributed by atoms with Gasteiger partial charge in [-0.15, -0.1) is 0 Å². The normalized spacial score (nSPS) is 20.8. The van der Waals surface area contributed by atoms with Gasteiger partial charge < -0.3 is 14.4 Å². The Balaban J connectivity index is 1.87. The standard InChI is InChI=1S/C24H27N3O2/c1-4-28-22-12-18-19(13-23(22)29-5-2)24(17-8-6-16(14-25)7-9-17)26-21-10-11-27(3)15-20(18)21/h6-9,12-13,20-21H,4-5,10-11,15H2,1-3H3/t20-,21-/m0/s1. The summed E-state index contributed by atoms with van der Waals surface area (Å²) in [5, 5.41) is 9.14. The number of rotatable bonds is 5. The highest BCUT2D eigenvalue weighted by molar-refractivity contribution is 6.15. The zero-order chi connectivity index (χ0) is 20.4. The van der Waals surface area contributed by atoms with E-state index in [1.807, 2.05) is 38.1 Å². The molecule has 2 atom stereocenters. The van der Waals surface area contributed by atoms with Crippen LogP contribution in [0, 0.1) is 11.3 Å². The lowest BCUT2D eigenvalue weighted by Gasteiger charge is -2.39. The molecule has 1 fully saturated rings. The van der Waals surface area contributed by atoms with Gasteiger partial charge in [-0.25, -0.2) is 0 Å². The van der Waals surface area contributed by atoms with Gasteiger partial charge in [0.15, 0.2) is 11.5 Å². The van der Waals surface area contributed by atoms with Crippen molar-refractivity contribution in [2.75, 3.05) is 33.4 Å². The molecule has 0 spiro atoms. The van der Waals surface area contributed by atoms with Crippen LogP contribution >= 0.6 is 0 Å². The average Bonchev–Trinajstić information content (AvgIpc) is 2.74. The minimum Gasteiger partial charge on any atom is -0.490 e. The summed E-state index contributed by atoms with van der Waals surface area (Å²) in [4.78, 5) is 7.57. The first-order valence-electron chi connectivity index (χ1n) is 10.3. The number of likely N-dealkylation sites (tertiary alicyclic amines) is 1. The molecule has 2 aliphatic heterocycles. The Labute approximate surface area is 172 Å². The number of benzene rings is 2. The minimum atomic E-state index is 0.261. The van der Waals surface area contributed by atoms with Crippen LogP contribution in [-0.4, -0.2) is 50.0 Å². The third-order valence-electron chi connectivity index (χ3n) is 5.73. The van der Waals surface area contributed by atoms with E-state index in [0.717, 1.165) is 47.8 Å². The Morgan fingerprint density at radius 1 is 1.10 bits per heavy atom. The van der Waals surface area contributed by atoms with Crippen LogP contribution in [0.15, 0.2) is 41.4 Å². The molecule has 150 valence electrons. The van der Waals surface area contributed by atoms with Gasteiger partial charge in [-0.3, -0.25) is 4.99 Å². The first-order chi connectivity index (χ1) is 14.1. The Bertz CT molecular complexity index is 959. The van der Waals surface area contributed by atoms with Crippen molar-refractivity contribution in [1.29, 1.82) is 5.26 Å². The van der Waals surface area contributed by atoms with Gasteiger partial charge in [0.05, 0.1) is 36.6 Å². The molecule has 2 heterocycles. The zero-order valence-corrected chi connectivity index (χ0v) is 17.3. The lowest BCUT2D eigenvalue weighted by atomic mass is 9.79. The van der Waals surface area contributed by atoms with Crippen molar-refractivity contribution in [2.45, 2.75) is 32.2 Å². The van der Waals surface area contributed by atoms with Crippen molar-refractivity contribution in [3.8, 4) is 17.6 Å². The quantitative estimate of drug-likeness (QED) is 0.776. The van der Waals surface area contributed by atoms with E-state index >= 15 is 0 Å². The minimum absolute atomic E-state index is 0.261. The molecule has 0 radical (unpaired) electrons. The largest absolute Gasteiger partial charge is 0.490 e. The number of aliphatic imine (C=N–C) groups is 1. The predicted molar refractivity (Wildman–Crippen MR) is 114 cm³/mol. The molecule has 0 bridgehead atoms. The smallest absolute Gasteiger partial charge is 0.161 e. The number of piperidine rings is 1. The number of hydrogen-bond acceptors (Lipinski definition) is 5. The topological polar surface area (TPSA) is 57.9 Å². The summed E-state index contributed by atoms with van der Waals surface area (Å²) in [6.07, 6.45) is 1.04. The van der Waals surface area contributed by atoms with Crippen LogP contribution in [0.4, 0.5) is 0 Å². The van der Waals surface area contributed by atoms with E-state index in [0.29, 0.717) is 24.7 Å². The van der Waals surface area contributed by atoms with Gasteiger partial charge in [-0.1, -0.05) is 12.1 Å². The Morgan fingerprint density at radius 2 is 1.79 bits per heavy atom. The van der Waals surface area contributed by atoms with Gasteiger partial charge in [0.1, 0.15) is 0 Å². The summed E-state index contributed by atoms with van der Waals surface area (Å²) >= 11 is 0. The fourth-order valence-corrected chi connectivity index (χ4v) is 4.35. The van der Waals surface area contributed by atoms with Crippen molar-refractivity contribution < 1.29 is 9.47 Å². The lowest BCUT2D eigenvalue weighted by molar-refractivity contribution is 0.226. The molecule has 5 nitrogen and oxygen atoms in total. The van der Waals surface area contributed by atoms with E-state index in [1.54, 1.807) is 0 Å². The SMILES string of the molecule is CCOc1cc2c(cc1OCC)[C@@H]1CN(C)CC[C@@H]1N=C2c1ccc(C#N)cc1. The molecule has 0 saturated carbocycles. The molecule has 0 N–H and O–H groups in total. The maximum Gasteiger partial charge on any atom is 0.161 e. The fraction of sp³-hybridized carbons (Fsp3) is 0.417. The molecule has 4 rings (SSSR count). The Kier molecular flexibility index (Phi) is 5.55. The summed E-state index contributed by atoms with van der Waals surface area (Å²) < 4.78 is 11.8. The molecule has 2 aromatic carbocycles. The van der Waals surface area contributed by atoms with Crippen LogP contribution in [0.3, 0.4) is 0 Å². The van der Waals surface area contributed by atoms with Gasteiger partial charge in [0, 0.05) is 23.6 Å². The highest BCUT2D eigenvalue weighted by Crippen LogP contribution is 2.42. The molecule has 0 unspecified atom stereocenters. The van der Waals surface area contributed by atoms with E-state index in [-0.39, 0.29) is 6.04 Å². The highest BCUT2D eigenvalue weighted by Gasteiger charge is 2.36. The van der Waals surface area contributed by atoms with Crippen molar-refractivity contribution in [3.63, 3.8) is 0 Å². The maximum atomic E-state index is 9.14. The Hall–Kier alpha value is -2.84. The maximum absolute atomic E-state index is 9.14. The van der Waals surface area contributed by atoms with E-state index < -0.39 is 0 Å². The zero-order valence-electron chi connectivity index (χ0n) is 17.3. The van der Waals surface area contributed by atoms with Gasteiger partial charge in [-0.05, 0) is 63.7 Å². The van der Waals surface area contributed by atoms with Crippen LogP contribution in [0.2, 0.25) is 0 Å². The number of ether oxygens (including phenoxy) is 2. The van der Waals surface area contributed by atoms with E-state index in [4.69, 9.17) is 19.7 Å². The molecule has 29 heavy (non-hydrogen) atoms. The molecule has 2 aromatic rings. The monoisotopic (exact) mass is 389 g/mol. The molecule has 5 heteroatoms. The fourth-order valence-electron chi connectivity index (χ4n) is 4.35. The summed E-state index contributed by atoms with van der Waals surface area (Å²) in [7, 11) is 2.17. The van der Waals surface area contributed by atoms with Crippen LogP contribution in [-0.2, 0) is 0 Å². The lowest BCUT2D eigenvalue weighted by Crippen LogP contribution is -2.41. The van der Waals surface area contributed by atoms with Crippen LogP contribution in [0.25, 0.3) is 0 Å². The number of nitrogens with zero attached hydrogens (tertiary/aromatic N) is 3. The first kappa shape index (κ1) is 19.5. The van der Waals surface area contributed by atoms with Crippen LogP contribution < -0.4 is 9.47 Å². The predicted octanol–water partition coefficient (Wildman–Crippen LogP) is 3.99. The molecule has 0 aromatic heterocycles. The van der Waals surface area contributed by atoms with E-state index in [2.05, 4.69) is 30.1 Å². The molecule has 0 aliphatic carbocycles. The van der Waals surface area contributed by atoms with Crippen molar-refractivity contribution in [1.82, 2.24) is 4.90 Å².